The molecule has 1 aliphatic carbocycles. The SMILES string of the molecule is CCC(C)(C(=O)O)C1(O)CCC1. The Morgan fingerprint density at radius 1 is 1.58 bits per heavy atom. The first-order valence-corrected chi connectivity index (χ1v) is 4.42. The first kappa shape index (κ1) is 9.52. The Kier molecular flexibility index (Phi) is 2.17. The van der Waals surface area contributed by atoms with Crippen molar-refractivity contribution in [1.82, 2.24) is 0 Å². The first-order valence-electron chi connectivity index (χ1n) is 4.42. The quantitative estimate of drug-likeness (QED) is 0.676. The van der Waals surface area contributed by atoms with E-state index >= 15 is 0 Å². The zero-order chi connectivity index (χ0) is 9.41. The van der Waals surface area contributed by atoms with Crippen LogP contribution in [-0.4, -0.2) is 21.8 Å². The normalized spacial score (nSPS) is 25.6. The second kappa shape index (κ2) is 2.73. The first-order chi connectivity index (χ1) is 5.46. The smallest absolute Gasteiger partial charge is 0.312 e. The van der Waals surface area contributed by atoms with Crippen molar-refractivity contribution >= 4 is 5.97 Å². The maximum Gasteiger partial charge on any atom is 0.312 e. The molecule has 0 radical (unpaired) electrons. The Morgan fingerprint density at radius 2 is 2.08 bits per heavy atom. The molecule has 0 aromatic rings. The highest BCUT2D eigenvalue weighted by molar-refractivity contribution is 5.76. The van der Waals surface area contributed by atoms with E-state index in [1.807, 2.05) is 6.92 Å². The van der Waals surface area contributed by atoms with Gasteiger partial charge in [-0.05, 0) is 32.6 Å². The zero-order valence-electron chi connectivity index (χ0n) is 7.63. The Labute approximate surface area is 72.4 Å². The predicted molar refractivity (Wildman–Crippen MR) is 44.8 cm³/mol. The van der Waals surface area contributed by atoms with Crippen molar-refractivity contribution in [3.8, 4) is 0 Å². The van der Waals surface area contributed by atoms with E-state index in [4.69, 9.17) is 5.11 Å². The standard InChI is InChI=1S/C9H16O3/c1-3-8(2,7(10)11)9(12)5-4-6-9/h12H,3-6H2,1-2H3,(H,10,11). The molecule has 2 N–H and O–H groups in total. The molecule has 1 unspecified atom stereocenters. The summed E-state index contributed by atoms with van der Waals surface area (Å²) < 4.78 is 0. The molecule has 3 nitrogen and oxygen atoms in total. The summed E-state index contributed by atoms with van der Waals surface area (Å²) in [5.41, 5.74) is -1.90. The third-order valence-corrected chi connectivity index (χ3v) is 3.39. The van der Waals surface area contributed by atoms with E-state index in [0.29, 0.717) is 19.3 Å². The fourth-order valence-electron chi connectivity index (χ4n) is 1.74. The number of carbonyl (C=O) groups is 1. The lowest BCUT2D eigenvalue weighted by atomic mass is 9.61. The highest BCUT2D eigenvalue weighted by Gasteiger charge is 2.54. The molecule has 0 saturated heterocycles. The fourth-order valence-corrected chi connectivity index (χ4v) is 1.74. The monoisotopic (exact) mass is 172 g/mol. The van der Waals surface area contributed by atoms with Crippen molar-refractivity contribution in [1.29, 1.82) is 0 Å². The van der Waals surface area contributed by atoms with E-state index < -0.39 is 17.0 Å². The summed E-state index contributed by atoms with van der Waals surface area (Å²) in [5, 5.41) is 18.9. The van der Waals surface area contributed by atoms with Crippen LogP contribution in [0.4, 0.5) is 0 Å². The summed E-state index contributed by atoms with van der Waals surface area (Å²) in [6.07, 6.45) is 2.69. The number of aliphatic carboxylic acids is 1. The van der Waals surface area contributed by atoms with E-state index in [2.05, 4.69) is 0 Å². The molecule has 1 fully saturated rings. The highest BCUT2D eigenvalue weighted by atomic mass is 16.4. The molecule has 0 heterocycles. The fraction of sp³-hybridized carbons (Fsp3) is 0.889. The van der Waals surface area contributed by atoms with Crippen LogP contribution in [0.2, 0.25) is 0 Å². The Bertz CT molecular complexity index is 196. The predicted octanol–water partition coefficient (Wildman–Crippen LogP) is 1.40. The van der Waals surface area contributed by atoms with Gasteiger partial charge in [0.2, 0.25) is 0 Å². The molecule has 0 amide bonds. The Morgan fingerprint density at radius 3 is 2.17 bits per heavy atom. The summed E-state index contributed by atoms with van der Waals surface area (Å²) in [7, 11) is 0. The van der Waals surface area contributed by atoms with Crippen molar-refractivity contribution in [2.75, 3.05) is 0 Å². The van der Waals surface area contributed by atoms with Crippen LogP contribution >= 0.6 is 0 Å². The Balaban J connectivity index is 2.85. The van der Waals surface area contributed by atoms with E-state index in [0.717, 1.165) is 6.42 Å². The number of hydrogen-bond donors (Lipinski definition) is 2. The average molecular weight is 172 g/mol. The third kappa shape index (κ3) is 1.04. The molecule has 70 valence electrons. The van der Waals surface area contributed by atoms with Gasteiger partial charge in [-0.25, -0.2) is 0 Å². The average Bonchev–Trinajstić information content (AvgIpc) is 1.98. The second-order valence-corrected chi connectivity index (χ2v) is 3.88. The largest absolute Gasteiger partial charge is 0.481 e. The highest BCUT2D eigenvalue weighted by Crippen LogP contribution is 2.48. The van der Waals surface area contributed by atoms with Gasteiger partial charge < -0.3 is 10.2 Å². The van der Waals surface area contributed by atoms with Gasteiger partial charge in [0, 0.05) is 0 Å². The van der Waals surface area contributed by atoms with Gasteiger partial charge in [-0.3, -0.25) is 4.79 Å². The lowest BCUT2D eigenvalue weighted by Gasteiger charge is -2.47. The molecular weight excluding hydrogens is 156 g/mol. The molecule has 12 heavy (non-hydrogen) atoms. The van der Waals surface area contributed by atoms with Crippen molar-refractivity contribution in [2.45, 2.75) is 45.1 Å². The van der Waals surface area contributed by atoms with Crippen LogP contribution < -0.4 is 0 Å². The molecule has 1 saturated carbocycles. The molecule has 0 aromatic carbocycles. The van der Waals surface area contributed by atoms with Gasteiger partial charge in [-0.1, -0.05) is 6.92 Å². The molecule has 0 aliphatic heterocycles. The number of carboxylic acids is 1. The van der Waals surface area contributed by atoms with Crippen LogP contribution in [0.1, 0.15) is 39.5 Å². The van der Waals surface area contributed by atoms with E-state index in [9.17, 15) is 9.90 Å². The Hall–Kier alpha value is -0.570. The molecule has 0 bridgehead atoms. The van der Waals surface area contributed by atoms with Crippen LogP contribution in [-0.2, 0) is 4.79 Å². The minimum absolute atomic E-state index is 0.485. The van der Waals surface area contributed by atoms with Crippen molar-refractivity contribution < 1.29 is 15.0 Å². The molecular formula is C9H16O3. The van der Waals surface area contributed by atoms with Crippen LogP contribution in [0.3, 0.4) is 0 Å². The van der Waals surface area contributed by atoms with Crippen LogP contribution in [0.25, 0.3) is 0 Å². The van der Waals surface area contributed by atoms with Crippen LogP contribution in [0.15, 0.2) is 0 Å². The van der Waals surface area contributed by atoms with E-state index in [-0.39, 0.29) is 0 Å². The number of rotatable bonds is 3. The topological polar surface area (TPSA) is 57.5 Å². The maximum atomic E-state index is 10.9. The minimum Gasteiger partial charge on any atom is -0.481 e. The second-order valence-electron chi connectivity index (χ2n) is 3.88. The molecule has 1 atom stereocenters. The molecule has 0 aromatic heterocycles. The van der Waals surface area contributed by atoms with Crippen molar-refractivity contribution in [3.63, 3.8) is 0 Å². The van der Waals surface area contributed by atoms with Crippen molar-refractivity contribution in [3.05, 3.63) is 0 Å². The van der Waals surface area contributed by atoms with E-state index in [1.54, 1.807) is 6.92 Å². The maximum absolute atomic E-state index is 10.9. The van der Waals surface area contributed by atoms with Gasteiger partial charge in [-0.15, -0.1) is 0 Å². The van der Waals surface area contributed by atoms with Gasteiger partial charge in [0.15, 0.2) is 0 Å². The lowest BCUT2D eigenvalue weighted by molar-refractivity contribution is -0.181. The van der Waals surface area contributed by atoms with Gasteiger partial charge in [0.05, 0.1) is 11.0 Å². The number of hydrogen-bond acceptors (Lipinski definition) is 2. The van der Waals surface area contributed by atoms with Crippen LogP contribution in [0, 0.1) is 5.41 Å². The number of carboxylic acid groups (broad SMARTS) is 1. The van der Waals surface area contributed by atoms with Crippen molar-refractivity contribution in [2.24, 2.45) is 5.41 Å². The zero-order valence-corrected chi connectivity index (χ0v) is 7.63. The summed E-state index contributed by atoms with van der Waals surface area (Å²) in [6.45, 7) is 3.44. The molecule has 1 aliphatic rings. The summed E-state index contributed by atoms with van der Waals surface area (Å²) in [4.78, 5) is 10.9. The van der Waals surface area contributed by atoms with Gasteiger partial charge in [-0.2, -0.15) is 0 Å². The minimum atomic E-state index is -0.953. The third-order valence-electron chi connectivity index (χ3n) is 3.39. The number of aliphatic hydroxyl groups is 1. The molecule has 3 heteroatoms. The summed E-state index contributed by atoms with van der Waals surface area (Å²) in [6, 6.07) is 0. The van der Waals surface area contributed by atoms with Gasteiger partial charge in [0.25, 0.3) is 0 Å². The lowest BCUT2D eigenvalue weighted by Crippen LogP contribution is -2.55. The van der Waals surface area contributed by atoms with Gasteiger partial charge >= 0.3 is 5.97 Å². The summed E-state index contributed by atoms with van der Waals surface area (Å²) >= 11 is 0. The molecule has 0 spiro atoms. The summed E-state index contributed by atoms with van der Waals surface area (Å²) in [5.74, 6) is -0.882. The van der Waals surface area contributed by atoms with Crippen LogP contribution in [0.5, 0.6) is 0 Å². The molecule has 1 rings (SSSR count). The van der Waals surface area contributed by atoms with Gasteiger partial charge in [0.1, 0.15) is 0 Å². The van der Waals surface area contributed by atoms with E-state index in [1.165, 1.54) is 0 Å².